The fourth-order valence-corrected chi connectivity index (χ4v) is 1.52. The lowest BCUT2D eigenvalue weighted by Crippen LogP contribution is -2.02. The first-order valence-corrected chi connectivity index (χ1v) is 4.79. The first-order valence-electron chi connectivity index (χ1n) is 4.79. The van der Waals surface area contributed by atoms with Gasteiger partial charge in [0.25, 0.3) is 11.4 Å². The number of nitro benzene ring substituents is 2. The van der Waals surface area contributed by atoms with Gasteiger partial charge in [-0.25, -0.2) is 9.67 Å². The van der Waals surface area contributed by atoms with Gasteiger partial charge in [-0.2, -0.15) is 5.10 Å². The maximum atomic E-state index is 10.9. The van der Waals surface area contributed by atoms with Crippen LogP contribution in [0.5, 0.6) is 0 Å². The van der Waals surface area contributed by atoms with Gasteiger partial charge in [0.2, 0.25) is 0 Å². The molecule has 0 spiro atoms. The highest BCUT2D eigenvalue weighted by atomic mass is 16.6. The molecule has 0 aliphatic rings. The zero-order chi connectivity index (χ0) is 13.3. The second-order valence-corrected chi connectivity index (χ2v) is 3.46. The van der Waals surface area contributed by atoms with Crippen molar-refractivity contribution in [2.45, 2.75) is 6.92 Å². The van der Waals surface area contributed by atoms with E-state index in [1.54, 1.807) is 0 Å². The fourth-order valence-electron chi connectivity index (χ4n) is 1.52. The summed E-state index contributed by atoms with van der Waals surface area (Å²) >= 11 is 0. The van der Waals surface area contributed by atoms with Crippen LogP contribution in [0.1, 0.15) is 5.56 Å². The minimum absolute atomic E-state index is 0.00821. The SMILES string of the molecule is Cc1c([N+](=O)[O-])cc(-n2cncn2)cc1[N+](=O)[O-]. The van der Waals surface area contributed by atoms with E-state index >= 15 is 0 Å². The van der Waals surface area contributed by atoms with Crippen LogP contribution in [0.15, 0.2) is 24.8 Å². The average Bonchev–Trinajstić information content (AvgIpc) is 2.82. The monoisotopic (exact) mass is 249 g/mol. The summed E-state index contributed by atoms with van der Waals surface area (Å²) in [6.07, 6.45) is 2.54. The molecule has 0 N–H and O–H groups in total. The van der Waals surface area contributed by atoms with E-state index in [0.29, 0.717) is 0 Å². The molecular formula is C9H7N5O4. The Bertz CT molecular complexity index is 587. The minimum atomic E-state index is -0.664. The first-order chi connectivity index (χ1) is 8.50. The second-order valence-electron chi connectivity index (χ2n) is 3.46. The molecule has 9 heteroatoms. The van der Waals surface area contributed by atoms with E-state index in [1.807, 2.05) is 0 Å². The molecule has 18 heavy (non-hydrogen) atoms. The highest BCUT2D eigenvalue weighted by Gasteiger charge is 2.23. The molecule has 0 radical (unpaired) electrons. The van der Waals surface area contributed by atoms with Crippen molar-refractivity contribution in [3.05, 3.63) is 50.6 Å². The standard InChI is InChI=1S/C9H7N5O4/c1-6-8(13(15)16)2-7(3-9(6)14(17)18)12-5-10-4-11-12/h2-5H,1H3. The Kier molecular flexibility index (Phi) is 2.72. The summed E-state index contributed by atoms with van der Waals surface area (Å²) in [5, 5.41) is 25.5. The average molecular weight is 249 g/mol. The summed E-state index contributed by atoms with van der Waals surface area (Å²) in [5.74, 6) is 0. The van der Waals surface area contributed by atoms with Crippen molar-refractivity contribution in [2.24, 2.45) is 0 Å². The summed E-state index contributed by atoms with van der Waals surface area (Å²) in [5.41, 5.74) is -0.422. The Hall–Kier alpha value is -2.84. The summed E-state index contributed by atoms with van der Waals surface area (Å²) in [7, 11) is 0. The maximum Gasteiger partial charge on any atom is 0.281 e. The van der Waals surface area contributed by atoms with Crippen molar-refractivity contribution < 1.29 is 9.85 Å². The molecule has 9 nitrogen and oxygen atoms in total. The topological polar surface area (TPSA) is 117 Å². The number of benzene rings is 1. The van der Waals surface area contributed by atoms with Crippen molar-refractivity contribution >= 4 is 11.4 Å². The Morgan fingerprint density at radius 1 is 1.17 bits per heavy atom. The van der Waals surface area contributed by atoms with Gasteiger partial charge in [-0.05, 0) is 6.92 Å². The zero-order valence-electron chi connectivity index (χ0n) is 9.18. The van der Waals surface area contributed by atoms with Crippen molar-refractivity contribution in [2.75, 3.05) is 0 Å². The molecule has 2 rings (SSSR count). The maximum absolute atomic E-state index is 10.9. The summed E-state index contributed by atoms with van der Waals surface area (Å²) in [6.45, 7) is 1.33. The molecule has 0 amide bonds. The van der Waals surface area contributed by atoms with Gasteiger partial charge in [0.05, 0.1) is 15.5 Å². The van der Waals surface area contributed by atoms with Crippen molar-refractivity contribution in [1.29, 1.82) is 0 Å². The minimum Gasteiger partial charge on any atom is -0.258 e. The third-order valence-electron chi connectivity index (χ3n) is 2.41. The zero-order valence-corrected chi connectivity index (χ0v) is 9.18. The third-order valence-corrected chi connectivity index (χ3v) is 2.41. The molecule has 2 aromatic rings. The van der Waals surface area contributed by atoms with Crippen LogP contribution in [-0.4, -0.2) is 24.6 Å². The first kappa shape index (κ1) is 11.6. The van der Waals surface area contributed by atoms with E-state index in [4.69, 9.17) is 0 Å². The lowest BCUT2D eigenvalue weighted by Gasteiger charge is -2.03. The molecule has 0 aliphatic heterocycles. The summed E-state index contributed by atoms with van der Waals surface area (Å²) in [4.78, 5) is 24.1. The van der Waals surface area contributed by atoms with Gasteiger partial charge >= 0.3 is 0 Å². The predicted molar refractivity (Wildman–Crippen MR) is 59.4 cm³/mol. The van der Waals surface area contributed by atoms with Crippen molar-refractivity contribution in [3.63, 3.8) is 0 Å². The van der Waals surface area contributed by atoms with Crippen molar-refractivity contribution in [1.82, 2.24) is 14.8 Å². The molecule has 1 aromatic heterocycles. The summed E-state index contributed by atoms with van der Waals surface area (Å²) < 4.78 is 1.22. The molecule has 1 aromatic carbocycles. The van der Waals surface area contributed by atoms with E-state index in [-0.39, 0.29) is 22.6 Å². The molecule has 1 heterocycles. The molecule has 0 bridgehead atoms. The van der Waals surface area contributed by atoms with E-state index in [2.05, 4.69) is 10.1 Å². The largest absolute Gasteiger partial charge is 0.281 e. The quantitative estimate of drug-likeness (QED) is 0.599. The lowest BCUT2D eigenvalue weighted by molar-refractivity contribution is -0.395. The normalized spacial score (nSPS) is 10.3. The van der Waals surface area contributed by atoms with Crippen LogP contribution in [0.4, 0.5) is 11.4 Å². The van der Waals surface area contributed by atoms with Gasteiger partial charge in [0, 0.05) is 12.1 Å². The Balaban J connectivity index is 2.70. The van der Waals surface area contributed by atoms with Crippen LogP contribution in [0.25, 0.3) is 5.69 Å². The van der Waals surface area contributed by atoms with E-state index < -0.39 is 9.85 Å². The van der Waals surface area contributed by atoms with E-state index in [9.17, 15) is 20.2 Å². The van der Waals surface area contributed by atoms with Crippen molar-refractivity contribution in [3.8, 4) is 5.69 Å². The molecule has 0 saturated heterocycles. The van der Waals surface area contributed by atoms with Crippen LogP contribution in [0.2, 0.25) is 0 Å². The van der Waals surface area contributed by atoms with Gasteiger partial charge in [-0.15, -0.1) is 0 Å². The molecular weight excluding hydrogens is 242 g/mol. The fraction of sp³-hybridized carbons (Fsp3) is 0.111. The number of rotatable bonds is 3. The van der Waals surface area contributed by atoms with Crippen LogP contribution in [-0.2, 0) is 0 Å². The molecule has 92 valence electrons. The number of hydrogen-bond donors (Lipinski definition) is 0. The van der Waals surface area contributed by atoms with Gasteiger partial charge in [0.1, 0.15) is 18.2 Å². The van der Waals surface area contributed by atoms with Gasteiger partial charge in [-0.1, -0.05) is 0 Å². The third kappa shape index (κ3) is 1.88. The van der Waals surface area contributed by atoms with E-state index in [0.717, 1.165) is 0 Å². The predicted octanol–water partition coefficient (Wildman–Crippen LogP) is 1.39. The Morgan fingerprint density at radius 3 is 2.11 bits per heavy atom. The molecule has 0 saturated carbocycles. The van der Waals surface area contributed by atoms with Gasteiger partial charge in [-0.3, -0.25) is 20.2 Å². The van der Waals surface area contributed by atoms with Gasteiger partial charge < -0.3 is 0 Å². The number of aromatic nitrogens is 3. The number of nitro groups is 2. The highest BCUT2D eigenvalue weighted by molar-refractivity contribution is 5.59. The molecule has 0 fully saturated rings. The second kappa shape index (κ2) is 4.20. The highest BCUT2D eigenvalue weighted by Crippen LogP contribution is 2.30. The van der Waals surface area contributed by atoms with Gasteiger partial charge in [0.15, 0.2) is 0 Å². The smallest absolute Gasteiger partial charge is 0.258 e. The molecule has 0 atom stereocenters. The van der Waals surface area contributed by atoms with Crippen LogP contribution in [0, 0.1) is 27.2 Å². The Labute approximate surface area is 100.0 Å². The Morgan fingerprint density at radius 2 is 1.72 bits per heavy atom. The number of hydrogen-bond acceptors (Lipinski definition) is 6. The van der Waals surface area contributed by atoms with Crippen LogP contribution in [0.3, 0.4) is 0 Å². The molecule has 0 unspecified atom stereocenters. The van der Waals surface area contributed by atoms with E-state index in [1.165, 1.54) is 36.4 Å². The summed E-state index contributed by atoms with van der Waals surface area (Å²) in [6, 6.07) is 2.44. The van der Waals surface area contributed by atoms with Crippen LogP contribution < -0.4 is 0 Å². The van der Waals surface area contributed by atoms with Crippen LogP contribution >= 0.6 is 0 Å². The lowest BCUT2D eigenvalue weighted by atomic mass is 10.1. The number of nitrogens with zero attached hydrogens (tertiary/aromatic N) is 5. The molecule has 0 aliphatic carbocycles.